The summed E-state index contributed by atoms with van der Waals surface area (Å²) >= 11 is 6.52. The third-order valence-electron chi connectivity index (χ3n) is 2.65. The van der Waals surface area contributed by atoms with Crippen LogP contribution in [0.3, 0.4) is 0 Å². The lowest BCUT2D eigenvalue weighted by Crippen LogP contribution is -2.40. The smallest absolute Gasteiger partial charge is 0.326 e. The summed E-state index contributed by atoms with van der Waals surface area (Å²) in [5.74, 6) is -0.177. The zero-order valence-electron chi connectivity index (χ0n) is 12.3. The monoisotopic (exact) mass is 342 g/mol. The molecule has 0 heterocycles. The number of carboxylic acid groups (broad SMARTS) is 1. The third-order valence-corrected chi connectivity index (χ3v) is 3.91. The van der Waals surface area contributed by atoms with Crippen molar-refractivity contribution in [2.24, 2.45) is 0 Å². The van der Waals surface area contributed by atoms with Crippen LogP contribution in [0, 0.1) is 0 Å². The van der Waals surface area contributed by atoms with E-state index in [2.05, 4.69) is 10.6 Å². The molecule has 120 valence electrons. The number of hydrogen-bond donors (Lipinski definition) is 3. The molecule has 0 aliphatic carbocycles. The van der Waals surface area contributed by atoms with Crippen LogP contribution in [0.15, 0.2) is 24.3 Å². The third kappa shape index (κ3) is 6.77. The van der Waals surface area contributed by atoms with Gasteiger partial charge in [0, 0.05) is 18.4 Å². The van der Waals surface area contributed by atoms with Crippen molar-refractivity contribution in [3.63, 3.8) is 0 Å². The minimum atomic E-state index is -1.05. The van der Waals surface area contributed by atoms with Gasteiger partial charge in [0.15, 0.2) is 0 Å². The van der Waals surface area contributed by atoms with Gasteiger partial charge in [-0.25, -0.2) is 4.79 Å². The topological polar surface area (TPSA) is 87.7 Å². The van der Waals surface area contributed by atoms with Crippen molar-refractivity contribution >= 4 is 45.9 Å². The predicted octanol–water partition coefficient (Wildman–Crippen LogP) is 2.10. The standard InChI is InChI=1S/C14H18N2O4S2/c1-9(17)15-12(13(18)19)7-8-22-14(21)16-10-3-5-11(20-2)6-4-10/h3-6,12H,7-8H2,1-2H3,(H,15,17)(H,16,21)(H,18,19). The largest absolute Gasteiger partial charge is 0.497 e. The van der Waals surface area contributed by atoms with Crippen molar-refractivity contribution in [3.05, 3.63) is 24.3 Å². The maximum atomic E-state index is 11.0. The summed E-state index contributed by atoms with van der Waals surface area (Å²) in [7, 11) is 1.59. The van der Waals surface area contributed by atoms with Crippen LogP contribution < -0.4 is 15.4 Å². The number of ether oxygens (including phenoxy) is 1. The predicted molar refractivity (Wildman–Crippen MR) is 91.5 cm³/mol. The van der Waals surface area contributed by atoms with Gasteiger partial charge in [-0.3, -0.25) is 4.79 Å². The molecule has 0 aliphatic rings. The second-order valence-corrected chi connectivity index (χ2v) is 6.14. The van der Waals surface area contributed by atoms with E-state index in [0.29, 0.717) is 16.5 Å². The van der Waals surface area contributed by atoms with E-state index in [1.54, 1.807) is 7.11 Å². The SMILES string of the molecule is COc1ccc(NC(=S)SCCC(NC(C)=O)C(=O)O)cc1. The highest BCUT2D eigenvalue weighted by Crippen LogP contribution is 2.17. The molecule has 0 bridgehead atoms. The van der Waals surface area contributed by atoms with Crippen LogP contribution in [0.5, 0.6) is 5.75 Å². The van der Waals surface area contributed by atoms with Crippen molar-refractivity contribution in [2.75, 3.05) is 18.2 Å². The summed E-state index contributed by atoms with van der Waals surface area (Å²) in [6.07, 6.45) is 0.296. The summed E-state index contributed by atoms with van der Waals surface area (Å²) in [6.45, 7) is 1.29. The molecule has 0 saturated carbocycles. The molecule has 8 heteroatoms. The highest BCUT2D eigenvalue weighted by Gasteiger charge is 2.18. The minimum absolute atomic E-state index is 0.296. The number of carboxylic acids is 1. The van der Waals surface area contributed by atoms with Gasteiger partial charge >= 0.3 is 5.97 Å². The van der Waals surface area contributed by atoms with Crippen molar-refractivity contribution in [2.45, 2.75) is 19.4 Å². The number of carbonyl (C=O) groups excluding carboxylic acids is 1. The van der Waals surface area contributed by atoms with Gasteiger partial charge in [0.1, 0.15) is 16.1 Å². The van der Waals surface area contributed by atoms with Crippen LogP contribution in [-0.2, 0) is 9.59 Å². The van der Waals surface area contributed by atoms with Crippen molar-refractivity contribution < 1.29 is 19.4 Å². The number of methoxy groups -OCH3 is 1. The first kappa shape index (κ1) is 18.2. The van der Waals surface area contributed by atoms with E-state index < -0.39 is 12.0 Å². The van der Waals surface area contributed by atoms with Crippen molar-refractivity contribution in [1.82, 2.24) is 5.32 Å². The lowest BCUT2D eigenvalue weighted by atomic mass is 10.2. The van der Waals surface area contributed by atoms with Gasteiger partial charge in [-0.05, 0) is 30.7 Å². The molecular formula is C14H18N2O4S2. The number of benzene rings is 1. The molecule has 0 aliphatic heterocycles. The Balaban J connectivity index is 2.38. The molecule has 1 aromatic rings. The van der Waals surface area contributed by atoms with E-state index in [0.717, 1.165) is 11.4 Å². The summed E-state index contributed by atoms with van der Waals surface area (Å²) in [5, 5.41) is 14.4. The average molecular weight is 342 g/mol. The Kier molecular flexibility index (Phi) is 7.69. The summed E-state index contributed by atoms with van der Waals surface area (Å²) in [6, 6.07) is 6.40. The van der Waals surface area contributed by atoms with Crippen LogP contribution in [0.4, 0.5) is 5.69 Å². The quantitative estimate of drug-likeness (QED) is 0.654. The molecule has 6 nitrogen and oxygen atoms in total. The number of aliphatic carboxylic acids is 1. The van der Waals surface area contributed by atoms with Gasteiger partial charge in [0.05, 0.1) is 7.11 Å². The Bertz CT molecular complexity index is 534. The highest BCUT2D eigenvalue weighted by atomic mass is 32.2. The normalized spacial score (nSPS) is 11.4. The van der Waals surface area contributed by atoms with Gasteiger partial charge in [-0.1, -0.05) is 24.0 Å². The molecule has 1 aromatic carbocycles. The Labute approximate surface area is 138 Å². The number of thioether (sulfide) groups is 1. The van der Waals surface area contributed by atoms with Gasteiger partial charge in [-0.2, -0.15) is 0 Å². The zero-order valence-corrected chi connectivity index (χ0v) is 13.9. The lowest BCUT2D eigenvalue weighted by molar-refractivity contribution is -0.141. The number of thiocarbonyl (C=S) groups is 1. The first-order valence-electron chi connectivity index (χ1n) is 6.50. The molecule has 0 fully saturated rings. The molecule has 0 spiro atoms. The van der Waals surface area contributed by atoms with Crippen molar-refractivity contribution in [3.8, 4) is 5.75 Å². The summed E-state index contributed by atoms with van der Waals surface area (Å²) in [5.41, 5.74) is 0.829. The number of amides is 1. The minimum Gasteiger partial charge on any atom is -0.497 e. The van der Waals surface area contributed by atoms with E-state index in [1.807, 2.05) is 24.3 Å². The van der Waals surface area contributed by atoms with Gasteiger partial charge in [0.25, 0.3) is 0 Å². The molecule has 1 amide bonds. The Morgan fingerprint density at radius 1 is 1.36 bits per heavy atom. The number of nitrogens with one attached hydrogen (secondary N) is 2. The highest BCUT2D eigenvalue weighted by molar-refractivity contribution is 8.23. The molecule has 22 heavy (non-hydrogen) atoms. The van der Waals surface area contributed by atoms with E-state index in [-0.39, 0.29) is 5.91 Å². The fourth-order valence-corrected chi connectivity index (χ4v) is 2.70. The lowest BCUT2D eigenvalue weighted by Gasteiger charge is -2.13. The molecule has 1 atom stereocenters. The van der Waals surface area contributed by atoms with Crippen LogP contribution in [0.2, 0.25) is 0 Å². The average Bonchev–Trinajstić information content (AvgIpc) is 2.46. The number of carbonyl (C=O) groups is 2. The summed E-state index contributed by atoms with van der Waals surface area (Å²) < 4.78 is 5.60. The number of rotatable bonds is 7. The maximum Gasteiger partial charge on any atom is 0.326 e. The van der Waals surface area contributed by atoms with Crippen LogP contribution >= 0.6 is 24.0 Å². The number of anilines is 1. The van der Waals surface area contributed by atoms with E-state index in [1.165, 1.54) is 18.7 Å². The van der Waals surface area contributed by atoms with Crippen LogP contribution in [-0.4, -0.2) is 40.2 Å². The fraction of sp³-hybridized carbons (Fsp3) is 0.357. The van der Waals surface area contributed by atoms with Gasteiger partial charge in [0.2, 0.25) is 5.91 Å². The van der Waals surface area contributed by atoms with Crippen LogP contribution in [0.25, 0.3) is 0 Å². The zero-order chi connectivity index (χ0) is 16.5. The fourth-order valence-electron chi connectivity index (χ4n) is 1.60. The maximum absolute atomic E-state index is 11.0. The molecule has 0 radical (unpaired) electrons. The van der Waals surface area contributed by atoms with E-state index in [9.17, 15) is 9.59 Å². The van der Waals surface area contributed by atoms with E-state index in [4.69, 9.17) is 22.1 Å². The summed E-state index contributed by atoms with van der Waals surface area (Å²) in [4.78, 5) is 21.9. The molecule has 0 aromatic heterocycles. The molecule has 3 N–H and O–H groups in total. The molecule has 1 unspecified atom stereocenters. The number of hydrogen-bond acceptors (Lipinski definition) is 5. The Hall–Kier alpha value is -1.80. The Morgan fingerprint density at radius 3 is 2.50 bits per heavy atom. The van der Waals surface area contributed by atoms with E-state index >= 15 is 0 Å². The second kappa shape index (κ2) is 9.26. The first-order chi connectivity index (χ1) is 10.4. The Morgan fingerprint density at radius 2 is 2.00 bits per heavy atom. The second-order valence-electron chi connectivity index (χ2n) is 4.37. The molecular weight excluding hydrogens is 324 g/mol. The van der Waals surface area contributed by atoms with Crippen molar-refractivity contribution in [1.29, 1.82) is 0 Å². The molecule has 1 rings (SSSR count). The van der Waals surface area contributed by atoms with Gasteiger partial charge < -0.3 is 20.5 Å². The van der Waals surface area contributed by atoms with Crippen LogP contribution in [0.1, 0.15) is 13.3 Å². The van der Waals surface area contributed by atoms with Gasteiger partial charge in [-0.15, -0.1) is 0 Å². The first-order valence-corrected chi connectivity index (χ1v) is 7.89. The molecule has 0 saturated heterocycles.